The summed E-state index contributed by atoms with van der Waals surface area (Å²) >= 11 is 0. The minimum Gasteiger partial charge on any atom is -0.461 e. The van der Waals surface area contributed by atoms with E-state index in [1.165, 1.54) is 25.7 Å². The van der Waals surface area contributed by atoms with E-state index in [2.05, 4.69) is 6.92 Å². The van der Waals surface area contributed by atoms with E-state index >= 15 is 0 Å². The zero-order valence-corrected chi connectivity index (χ0v) is 16.8. The Kier molecular flexibility index (Phi) is 3.07. The van der Waals surface area contributed by atoms with Crippen LogP contribution in [0.15, 0.2) is 0 Å². The first-order valence-corrected chi connectivity index (χ1v) is 11.3. The molecule has 10 atom stereocenters. The Hall–Kier alpha value is -1.06. The zero-order valence-electron chi connectivity index (χ0n) is 16.8. The second-order valence-corrected chi connectivity index (χ2v) is 11.2. The highest BCUT2D eigenvalue weighted by Gasteiger charge is 2.91. The average molecular weight is 373 g/mol. The fourth-order valence-electron chi connectivity index (χ4n) is 8.48. The fraction of sp³-hybridized carbons (Fsp3) is 0.913. The van der Waals surface area contributed by atoms with Crippen LogP contribution < -0.4 is 0 Å². The van der Waals surface area contributed by atoms with Crippen molar-refractivity contribution in [1.82, 2.24) is 0 Å². The summed E-state index contributed by atoms with van der Waals surface area (Å²) in [5.74, 6) is 2.69. The van der Waals surface area contributed by atoms with Gasteiger partial charge in [-0.2, -0.15) is 0 Å². The molecule has 0 aliphatic heterocycles. The molecule has 27 heavy (non-hydrogen) atoms. The number of rotatable bonds is 5. The Morgan fingerprint density at radius 1 is 1.15 bits per heavy atom. The highest BCUT2D eigenvalue weighted by molar-refractivity contribution is 5.80. The van der Waals surface area contributed by atoms with Gasteiger partial charge in [-0.15, -0.1) is 0 Å². The molecule has 7 aliphatic carbocycles. The van der Waals surface area contributed by atoms with Crippen LogP contribution in [0, 0.1) is 46.3 Å². The zero-order chi connectivity index (χ0) is 18.8. The Labute approximate surface area is 161 Å². The van der Waals surface area contributed by atoms with Crippen LogP contribution in [0.1, 0.15) is 72.1 Å². The van der Waals surface area contributed by atoms with Crippen LogP contribution in [0.5, 0.6) is 0 Å². The second-order valence-electron chi connectivity index (χ2n) is 11.2. The largest absolute Gasteiger partial charge is 0.461 e. The maximum Gasteiger partial charge on any atom is 0.310 e. The summed E-state index contributed by atoms with van der Waals surface area (Å²) in [5.41, 5.74) is 0.0235. The van der Waals surface area contributed by atoms with Crippen LogP contribution in [0.25, 0.3) is 0 Å². The van der Waals surface area contributed by atoms with E-state index in [0.29, 0.717) is 17.3 Å². The van der Waals surface area contributed by atoms with Gasteiger partial charge >= 0.3 is 11.9 Å². The molecule has 7 saturated carbocycles. The smallest absolute Gasteiger partial charge is 0.310 e. The molecule has 0 N–H and O–H groups in total. The van der Waals surface area contributed by atoms with Gasteiger partial charge < -0.3 is 9.47 Å². The predicted molar refractivity (Wildman–Crippen MR) is 98.5 cm³/mol. The third-order valence-electron chi connectivity index (χ3n) is 10.3. The topological polar surface area (TPSA) is 52.6 Å². The lowest BCUT2D eigenvalue weighted by atomic mass is 9.51. The Bertz CT molecular complexity index is 728. The van der Waals surface area contributed by atoms with E-state index < -0.39 is 0 Å². The molecular formula is C23H32O4. The quantitative estimate of drug-likeness (QED) is 0.682. The van der Waals surface area contributed by atoms with Gasteiger partial charge in [-0.25, -0.2) is 0 Å². The van der Waals surface area contributed by atoms with E-state index in [-0.39, 0.29) is 40.9 Å². The van der Waals surface area contributed by atoms with Crippen molar-refractivity contribution in [2.75, 3.05) is 0 Å². The lowest BCUT2D eigenvalue weighted by molar-refractivity contribution is -0.215. The third-order valence-corrected chi connectivity index (χ3v) is 10.3. The van der Waals surface area contributed by atoms with Gasteiger partial charge in [-0.1, -0.05) is 13.8 Å². The molecule has 0 amide bonds. The summed E-state index contributed by atoms with van der Waals surface area (Å²) in [6.07, 6.45) is 8.88. The van der Waals surface area contributed by atoms with Crippen LogP contribution in [0.4, 0.5) is 0 Å². The highest BCUT2D eigenvalue weighted by Crippen LogP contribution is 2.91. The summed E-state index contributed by atoms with van der Waals surface area (Å²) in [5, 5.41) is 0. The minimum atomic E-state index is -0.231. The lowest BCUT2D eigenvalue weighted by Crippen LogP contribution is -2.60. The van der Waals surface area contributed by atoms with E-state index in [9.17, 15) is 9.59 Å². The number of hydrogen-bond acceptors (Lipinski definition) is 4. The summed E-state index contributed by atoms with van der Waals surface area (Å²) < 4.78 is 12.2. The monoisotopic (exact) mass is 372 g/mol. The van der Waals surface area contributed by atoms with Gasteiger partial charge in [-0.05, 0) is 81.5 Å². The van der Waals surface area contributed by atoms with Gasteiger partial charge in [0.1, 0.15) is 11.7 Å². The van der Waals surface area contributed by atoms with E-state index in [0.717, 1.165) is 37.5 Å². The summed E-state index contributed by atoms with van der Waals surface area (Å²) in [6, 6.07) is 0. The number of ether oxygens (including phenoxy) is 2. The molecule has 0 radical (unpaired) electrons. The molecule has 0 aromatic heterocycles. The van der Waals surface area contributed by atoms with Crippen molar-refractivity contribution in [1.29, 1.82) is 0 Å². The van der Waals surface area contributed by atoms with Crippen molar-refractivity contribution in [2.45, 2.75) is 83.8 Å². The first-order valence-electron chi connectivity index (χ1n) is 11.3. The molecule has 7 rings (SSSR count). The molecule has 10 unspecified atom stereocenters. The van der Waals surface area contributed by atoms with Gasteiger partial charge in [0.15, 0.2) is 0 Å². The van der Waals surface area contributed by atoms with Gasteiger partial charge in [-0.3, -0.25) is 9.59 Å². The van der Waals surface area contributed by atoms with Gasteiger partial charge in [0, 0.05) is 11.3 Å². The molecule has 4 nitrogen and oxygen atoms in total. The molecule has 148 valence electrons. The number of esters is 2. The molecule has 0 spiro atoms. The maximum absolute atomic E-state index is 13.2. The van der Waals surface area contributed by atoms with Gasteiger partial charge in [0.2, 0.25) is 0 Å². The van der Waals surface area contributed by atoms with Crippen molar-refractivity contribution < 1.29 is 19.1 Å². The number of hydrogen-bond donors (Lipinski definition) is 0. The summed E-state index contributed by atoms with van der Waals surface area (Å²) in [7, 11) is 0. The molecule has 4 bridgehead atoms. The molecule has 0 heterocycles. The molecular weight excluding hydrogens is 340 g/mol. The van der Waals surface area contributed by atoms with Crippen LogP contribution in [-0.2, 0) is 19.1 Å². The van der Waals surface area contributed by atoms with Crippen molar-refractivity contribution in [3.8, 4) is 0 Å². The summed E-state index contributed by atoms with van der Waals surface area (Å²) in [4.78, 5) is 25.5. The predicted octanol–water partition coefficient (Wildman–Crippen LogP) is 4.11. The highest BCUT2D eigenvalue weighted by atomic mass is 16.6. The van der Waals surface area contributed by atoms with Crippen LogP contribution in [0.3, 0.4) is 0 Å². The Morgan fingerprint density at radius 2 is 1.96 bits per heavy atom. The first kappa shape index (κ1) is 16.9. The van der Waals surface area contributed by atoms with Crippen molar-refractivity contribution in [3.63, 3.8) is 0 Å². The maximum atomic E-state index is 13.2. The second kappa shape index (κ2) is 4.91. The fourth-order valence-corrected chi connectivity index (χ4v) is 8.48. The Balaban J connectivity index is 1.15. The van der Waals surface area contributed by atoms with E-state index in [4.69, 9.17) is 9.47 Å². The minimum absolute atomic E-state index is 0.0194. The normalized spacial score (nSPS) is 56.4. The molecule has 4 heteroatoms. The van der Waals surface area contributed by atoms with E-state index in [1.807, 2.05) is 13.8 Å². The average Bonchev–Trinajstić information content (AvgIpc) is 2.95. The molecule has 0 aromatic rings. The number of carbonyl (C=O) groups excluding carboxylic acids is 2. The van der Waals surface area contributed by atoms with Gasteiger partial charge in [0.05, 0.1) is 11.8 Å². The van der Waals surface area contributed by atoms with Crippen LogP contribution in [0.2, 0.25) is 0 Å². The van der Waals surface area contributed by atoms with E-state index in [1.54, 1.807) is 0 Å². The molecule has 0 saturated heterocycles. The number of carbonyl (C=O) groups is 2. The summed E-state index contributed by atoms with van der Waals surface area (Å²) in [6.45, 7) is 6.16. The van der Waals surface area contributed by atoms with Crippen LogP contribution >= 0.6 is 0 Å². The Morgan fingerprint density at radius 3 is 2.63 bits per heavy atom. The standard InChI is InChI=1S/C23H32O4/c1-4-12(2)19(24)26-18-10-22-9-17(23(18,22)11-22)20(25)27-21(3)15-6-13-5-14(8-15)16(21)7-13/h12-18H,4-11H2,1-3H3. The SMILES string of the molecule is CCC(C)C(=O)OC1CC23CC(C(=O)OC4(C)C5CC6CC(C5)C4C6)C12C3. The van der Waals surface area contributed by atoms with Gasteiger partial charge in [0.25, 0.3) is 0 Å². The molecule has 7 fully saturated rings. The lowest BCUT2D eigenvalue weighted by Gasteiger charge is -2.56. The van der Waals surface area contributed by atoms with Crippen molar-refractivity contribution >= 4 is 11.9 Å². The first-order chi connectivity index (χ1) is 12.8. The van der Waals surface area contributed by atoms with Crippen molar-refractivity contribution in [3.05, 3.63) is 0 Å². The molecule has 7 aliphatic rings. The third kappa shape index (κ3) is 1.82. The van der Waals surface area contributed by atoms with Crippen LogP contribution in [-0.4, -0.2) is 23.6 Å². The molecule has 0 aromatic carbocycles. The van der Waals surface area contributed by atoms with Crippen molar-refractivity contribution in [2.24, 2.45) is 46.3 Å².